The predicted octanol–water partition coefficient (Wildman–Crippen LogP) is -0.0581. The standard InChI is InChI=1S/C8H8N6O3S/c9-12-7-10-2-6(18-7)4-13-3-5(14(16)17)1-11-8(13)15/h1-3H,4,9H2,(H,10,12). The fourth-order valence-electron chi connectivity index (χ4n) is 1.27. The number of hydrogen-bond acceptors (Lipinski definition) is 8. The minimum absolute atomic E-state index is 0.160. The van der Waals surface area contributed by atoms with Crippen LogP contribution in [0.2, 0.25) is 0 Å². The summed E-state index contributed by atoms with van der Waals surface area (Å²) in [6.45, 7) is 0.160. The lowest BCUT2D eigenvalue weighted by atomic mass is 10.5. The van der Waals surface area contributed by atoms with Gasteiger partial charge in [0.15, 0.2) is 5.13 Å². The highest BCUT2D eigenvalue weighted by atomic mass is 32.1. The number of nitrogens with zero attached hydrogens (tertiary/aromatic N) is 4. The maximum absolute atomic E-state index is 11.4. The third-order valence-corrected chi connectivity index (χ3v) is 2.97. The quantitative estimate of drug-likeness (QED) is 0.451. The van der Waals surface area contributed by atoms with E-state index in [9.17, 15) is 14.9 Å². The monoisotopic (exact) mass is 268 g/mol. The van der Waals surface area contributed by atoms with Crippen molar-refractivity contribution in [1.29, 1.82) is 0 Å². The van der Waals surface area contributed by atoms with Gasteiger partial charge in [0, 0.05) is 11.1 Å². The van der Waals surface area contributed by atoms with Crippen molar-refractivity contribution in [2.45, 2.75) is 6.54 Å². The van der Waals surface area contributed by atoms with Gasteiger partial charge in [-0.1, -0.05) is 11.3 Å². The molecule has 2 rings (SSSR count). The first-order valence-corrected chi connectivity index (χ1v) is 5.54. The van der Waals surface area contributed by atoms with Crippen LogP contribution in [0, 0.1) is 10.1 Å². The van der Waals surface area contributed by atoms with Crippen LogP contribution in [0.3, 0.4) is 0 Å². The number of nitro groups is 1. The van der Waals surface area contributed by atoms with Gasteiger partial charge >= 0.3 is 11.4 Å². The number of hydrazine groups is 1. The topological polar surface area (TPSA) is 129 Å². The molecule has 9 nitrogen and oxygen atoms in total. The van der Waals surface area contributed by atoms with Gasteiger partial charge in [0.25, 0.3) is 0 Å². The molecule has 0 fully saturated rings. The summed E-state index contributed by atoms with van der Waals surface area (Å²) in [6, 6.07) is 0. The lowest BCUT2D eigenvalue weighted by Crippen LogP contribution is -2.22. The van der Waals surface area contributed by atoms with Crippen LogP contribution in [0.4, 0.5) is 10.8 Å². The van der Waals surface area contributed by atoms with E-state index in [1.807, 2.05) is 0 Å². The van der Waals surface area contributed by atoms with E-state index in [-0.39, 0.29) is 12.2 Å². The number of hydrogen-bond donors (Lipinski definition) is 2. The van der Waals surface area contributed by atoms with Crippen LogP contribution in [0.1, 0.15) is 4.88 Å². The van der Waals surface area contributed by atoms with E-state index in [4.69, 9.17) is 5.84 Å². The van der Waals surface area contributed by atoms with E-state index in [2.05, 4.69) is 15.4 Å². The van der Waals surface area contributed by atoms with E-state index in [1.54, 1.807) is 0 Å². The molecule has 0 saturated heterocycles. The molecule has 0 aliphatic rings. The Hall–Kier alpha value is -2.33. The predicted molar refractivity (Wildman–Crippen MR) is 64.2 cm³/mol. The van der Waals surface area contributed by atoms with Crippen LogP contribution in [0.15, 0.2) is 23.4 Å². The lowest BCUT2D eigenvalue weighted by molar-refractivity contribution is -0.385. The molecule has 2 aromatic rings. The molecule has 94 valence electrons. The van der Waals surface area contributed by atoms with Gasteiger partial charge in [-0.15, -0.1) is 0 Å². The number of aromatic nitrogens is 3. The molecule has 0 aliphatic carbocycles. The van der Waals surface area contributed by atoms with Crippen molar-refractivity contribution in [3.8, 4) is 0 Å². The molecule has 18 heavy (non-hydrogen) atoms. The smallest absolute Gasteiger partial charge is 0.300 e. The Morgan fingerprint density at radius 1 is 1.50 bits per heavy atom. The highest BCUT2D eigenvalue weighted by Crippen LogP contribution is 2.17. The van der Waals surface area contributed by atoms with Crippen LogP contribution in [0.25, 0.3) is 0 Å². The number of nitrogen functional groups attached to an aromatic ring is 1. The number of rotatable bonds is 4. The molecular formula is C8H8N6O3S. The summed E-state index contributed by atoms with van der Waals surface area (Å²) in [5, 5.41) is 11.1. The molecule has 0 aromatic carbocycles. The van der Waals surface area contributed by atoms with Crippen LogP contribution in [-0.2, 0) is 6.54 Å². The molecule has 0 saturated carbocycles. The Bertz CT molecular complexity index is 636. The van der Waals surface area contributed by atoms with E-state index >= 15 is 0 Å². The van der Waals surface area contributed by atoms with Crippen molar-refractivity contribution in [2.24, 2.45) is 5.84 Å². The molecule has 2 heterocycles. The van der Waals surface area contributed by atoms with Gasteiger partial charge < -0.3 is 0 Å². The summed E-state index contributed by atoms with van der Waals surface area (Å²) in [6.07, 6.45) is 3.61. The van der Waals surface area contributed by atoms with E-state index in [0.717, 1.165) is 21.8 Å². The zero-order valence-corrected chi connectivity index (χ0v) is 9.75. The molecular weight excluding hydrogens is 260 g/mol. The lowest BCUT2D eigenvalue weighted by Gasteiger charge is -2.01. The minimum Gasteiger partial charge on any atom is -0.300 e. The SMILES string of the molecule is NNc1ncc(Cn2cc([N+](=O)[O-])cnc2=O)s1. The van der Waals surface area contributed by atoms with Crippen LogP contribution >= 0.6 is 11.3 Å². The Kier molecular flexibility index (Phi) is 3.30. The summed E-state index contributed by atoms with van der Waals surface area (Å²) in [5.41, 5.74) is 1.57. The van der Waals surface area contributed by atoms with E-state index in [0.29, 0.717) is 5.13 Å². The van der Waals surface area contributed by atoms with Gasteiger partial charge in [-0.3, -0.25) is 20.1 Å². The van der Waals surface area contributed by atoms with E-state index in [1.165, 1.54) is 17.5 Å². The number of thiazole rings is 1. The average Bonchev–Trinajstić information content (AvgIpc) is 2.79. The Labute approximate surface area is 104 Å². The maximum Gasteiger partial charge on any atom is 0.348 e. The summed E-state index contributed by atoms with van der Waals surface area (Å²) >= 11 is 1.25. The fraction of sp³-hybridized carbons (Fsp3) is 0.125. The molecule has 10 heteroatoms. The van der Waals surface area contributed by atoms with Gasteiger partial charge in [-0.25, -0.2) is 15.6 Å². The van der Waals surface area contributed by atoms with Crippen molar-refractivity contribution >= 4 is 22.2 Å². The first-order valence-electron chi connectivity index (χ1n) is 4.72. The zero-order chi connectivity index (χ0) is 13.1. The number of nitrogens with one attached hydrogen (secondary N) is 1. The molecule has 3 N–H and O–H groups in total. The molecule has 0 bridgehead atoms. The minimum atomic E-state index is -0.609. The van der Waals surface area contributed by atoms with Gasteiger partial charge in [0.05, 0.1) is 17.7 Å². The van der Waals surface area contributed by atoms with Gasteiger partial charge in [-0.2, -0.15) is 4.98 Å². The van der Waals surface area contributed by atoms with Crippen LogP contribution in [0.5, 0.6) is 0 Å². The first-order chi connectivity index (χ1) is 8.60. The van der Waals surface area contributed by atoms with Gasteiger partial charge in [-0.05, 0) is 0 Å². The third-order valence-electron chi connectivity index (χ3n) is 2.06. The van der Waals surface area contributed by atoms with Gasteiger partial charge in [0.2, 0.25) is 0 Å². The third kappa shape index (κ3) is 2.49. The summed E-state index contributed by atoms with van der Waals surface area (Å²) in [4.78, 5) is 29.5. The summed E-state index contributed by atoms with van der Waals surface area (Å²) in [7, 11) is 0. The van der Waals surface area contributed by atoms with E-state index < -0.39 is 10.6 Å². The molecule has 0 unspecified atom stereocenters. The normalized spacial score (nSPS) is 10.3. The Morgan fingerprint density at radius 2 is 2.28 bits per heavy atom. The molecule has 0 amide bonds. The van der Waals surface area contributed by atoms with Crippen molar-refractivity contribution in [1.82, 2.24) is 14.5 Å². The highest BCUT2D eigenvalue weighted by Gasteiger charge is 2.10. The van der Waals surface area contributed by atoms with Crippen LogP contribution in [-0.4, -0.2) is 19.5 Å². The number of nitrogens with two attached hydrogens (primary N) is 1. The Balaban J connectivity index is 2.30. The Morgan fingerprint density at radius 3 is 2.89 bits per heavy atom. The zero-order valence-electron chi connectivity index (χ0n) is 8.94. The van der Waals surface area contributed by atoms with Crippen molar-refractivity contribution < 1.29 is 4.92 Å². The molecule has 0 aliphatic heterocycles. The molecule has 2 aromatic heterocycles. The average molecular weight is 268 g/mol. The summed E-state index contributed by atoms with van der Waals surface area (Å²) < 4.78 is 1.14. The number of anilines is 1. The first kappa shape index (κ1) is 12.1. The fourth-order valence-corrected chi connectivity index (χ4v) is 1.99. The highest BCUT2D eigenvalue weighted by molar-refractivity contribution is 7.15. The second-order valence-electron chi connectivity index (χ2n) is 3.26. The largest absolute Gasteiger partial charge is 0.348 e. The van der Waals surface area contributed by atoms with Crippen molar-refractivity contribution in [2.75, 3.05) is 5.43 Å². The maximum atomic E-state index is 11.4. The van der Waals surface area contributed by atoms with Crippen molar-refractivity contribution in [3.63, 3.8) is 0 Å². The van der Waals surface area contributed by atoms with Crippen LogP contribution < -0.4 is 17.0 Å². The van der Waals surface area contributed by atoms with Gasteiger partial charge in [0.1, 0.15) is 6.20 Å². The molecule has 0 spiro atoms. The summed E-state index contributed by atoms with van der Waals surface area (Å²) in [5.74, 6) is 5.18. The molecule has 0 radical (unpaired) electrons. The van der Waals surface area contributed by atoms with Crippen molar-refractivity contribution in [3.05, 3.63) is 44.1 Å². The second-order valence-corrected chi connectivity index (χ2v) is 4.37. The molecule has 0 atom stereocenters. The second kappa shape index (κ2) is 4.89.